The number of hydrogen-bond donors (Lipinski definition) is 1. The van der Waals surface area contributed by atoms with E-state index in [2.05, 4.69) is 15.9 Å². The van der Waals surface area contributed by atoms with Crippen molar-refractivity contribution in [1.82, 2.24) is 0 Å². The maximum Gasteiger partial charge on any atom is 0.201 e. The van der Waals surface area contributed by atoms with Gasteiger partial charge in [-0.25, -0.2) is 4.39 Å². The molecule has 0 saturated carbocycles. The molecule has 0 aliphatic heterocycles. The van der Waals surface area contributed by atoms with Crippen LogP contribution in [-0.4, -0.2) is 4.99 Å². The third-order valence-electron chi connectivity index (χ3n) is 2.35. The highest BCUT2D eigenvalue weighted by molar-refractivity contribution is 9.10. The molecule has 0 saturated heterocycles. The van der Waals surface area contributed by atoms with E-state index in [-0.39, 0.29) is 10.7 Å². The van der Waals surface area contributed by atoms with Crippen molar-refractivity contribution in [2.24, 2.45) is 5.73 Å². The summed E-state index contributed by atoms with van der Waals surface area (Å²) in [4.78, 5) is 0.232. The highest BCUT2D eigenvalue weighted by Crippen LogP contribution is 2.29. The van der Waals surface area contributed by atoms with Gasteiger partial charge in [0, 0.05) is 10.0 Å². The minimum absolute atomic E-state index is 0.185. The van der Waals surface area contributed by atoms with Crippen LogP contribution in [0.5, 0.6) is 11.5 Å². The SMILES string of the molecule is NC(=S)c1ccc(Oc2cccc(F)c2F)cc1Br. The number of thiocarbonyl (C=S) groups is 1. The van der Waals surface area contributed by atoms with Crippen LogP contribution in [0, 0.1) is 11.6 Å². The van der Waals surface area contributed by atoms with Crippen LogP contribution in [0.4, 0.5) is 8.78 Å². The molecule has 0 aliphatic rings. The summed E-state index contributed by atoms with van der Waals surface area (Å²) in [6.07, 6.45) is 0. The molecular weight excluding hydrogens is 336 g/mol. The second kappa shape index (κ2) is 5.63. The van der Waals surface area contributed by atoms with E-state index < -0.39 is 11.6 Å². The lowest BCUT2D eigenvalue weighted by atomic mass is 10.2. The Hall–Kier alpha value is -1.53. The van der Waals surface area contributed by atoms with E-state index in [4.69, 9.17) is 22.7 Å². The molecule has 2 nitrogen and oxygen atoms in total. The van der Waals surface area contributed by atoms with Crippen molar-refractivity contribution in [2.45, 2.75) is 0 Å². The van der Waals surface area contributed by atoms with Crippen molar-refractivity contribution in [3.05, 3.63) is 58.1 Å². The van der Waals surface area contributed by atoms with E-state index in [1.165, 1.54) is 12.1 Å². The summed E-state index contributed by atoms with van der Waals surface area (Å²) in [7, 11) is 0. The number of rotatable bonds is 3. The summed E-state index contributed by atoms with van der Waals surface area (Å²) < 4.78 is 32.4. The van der Waals surface area contributed by atoms with Gasteiger partial charge in [0.25, 0.3) is 0 Å². The van der Waals surface area contributed by atoms with E-state index in [1.54, 1.807) is 18.2 Å². The maximum atomic E-state index is 13.4. The first-order chi connectivity index (χ1) is 8.99. The molecule has 2 aromatic rings. The summed E-state index contributed by atoms with van der Waals surface area (Å²) in [5.74, 6) is -1.83. The maximum absolute atomic E-state index is 13.4. The molecule has 2 aromatic carbocycles. The van der Waals surface area contributed by atoms with E-state index >= 15 is 0 Å². The average molecular weight is 344 g/mol. The molecule has 0 aliphatic carbocycles. The van der Waals surface area contributed by atoms with Gasteiger partial charge in [-0.05, 0) is 46.3 Å². The van der Waals surface area contributed by atoms with Crippen LogP contribution in [0.25, 0.3) is 0 Å². The lowest BCUT2D eigenvalue weighted by Gasteiger charge is -2.09. The smallest absolute Gasteiger partial charge is 0.201 e. The van der Waals surface area contributed by atoms with Crippen molar-refractivity contribution in [1.29, 1.82) is 0 Å². The lowest BCUT2D eigenvalue weighted by Crippen LogP contribution is -2.09. The molecule has 0 atom stereocenters. The molecule has 0 unspecified atom stereocenters. The number of halogens is 3. The molecule has 19 heavy (non-hydrogen) atoms. The normalized spacial score (nSPS) is 10.3. The third kappa shape index (κ3) is 3.08. The van der Waals surface area contributed by atoms with Crippen LogP contribution in [-0.2, 0) is 0 Å². The molecule has 0 radical (unpaired) electrons. The van der Waals surface area contributed by atoms with Gasteiger partial charge in [-0.15, -0.1) is 0 Å². The summed E-state index contributed by atoms with van der Waals surface area (Å²) >= 11 is 8.14. The molecule has 2 N–H and O–H groups in total. The molecule has 0 aromatic heterocycles. The van der Waals surface area contributed by atoms with Gasteiger partial charge in [0.15, 0.2) is 11.6 Å². The van der Waals surface area contributed by atoms with Crippen LogP contribution in [0.2, 0.25) is 0 Å². The summed E-state index contributed by atoms with van der Waals surface area (Å²) in [5, 5.41) is 0. The van der Waals surface area contributed by atoms with Gasteiger partial charge in [0.1, 0.15) is 10.7 Å². The summed E-state index contributed by atoms with van der Waals surface area (Å²) in [5.41, 5.74) is 6.15. The number of benzene rings is 2. The Morgan fingerprint density at radius 1 is 1.21 bits per heavy atom. The quantitative estimate of drug-likeness (QED) is 0.850. The highest BCUT2D eigenvalue weighted by Gasteiger charge is 2.11. The molecule has 0 heterocycles. The second-order valence-electron chi connectivity index (χ2n) is 3.66. The highest BCUT2D eigenvalue weighted by atomic mass is 79.9. The van der Waals surface area contributed by atoms with Gasteiger partial charge >= 0.3 is 0 Å². The first kappa shape index (κ1) is 13.9. The largest absolute Gasteiger partial charge is 0.454 e. The number of nitrogens with two attached hydrogens (primary N) is 1. The number of hydrogen-bond acceptors (Lipinski definition) is 2. The molecule has 0 bridgehead atoms. The van der Waals surface area contributed by atoms with Gasteiger partial charge in [-0.2, -0.15) is 4.39 Å². The molecular formula is C13H8BrF2NOS. The Labute approximate surface area is 122 Å². The van der Waals surface area contributed by atoms with E-state index in [0.717, 1.165) is 6.07 Å². The van der Waals surface area contributed by atoms with Crippen LogP contribution < -0.4 is 10.5 Å². The topological polar surface area (TPSA) is 35.2 Å². The van der Waals surface area contributed by atoms with Crippen LogP contribution in [0.3, 0.4) is 0 Å². The van der Waals surface area contributed by atoms with E-state index in [1.807, 2.05) is 0 Å². The average Bonchev–Trinajstić information content (AvgIpc) is 2.34. The zero-order valence-corrected chi connectivity index (χ0v) is 11.9. The van der Waals surface area contributed by atoms with Crippen molar-refractivity contribution < 1.29 is 13.5 Å². The van der Waals surface area contributed by atoms with Crippen molar-refractivity contribution in [3.63, 3.8) is 0 Å². The monoisotopic (exact) mass is 343 g/mol. The first-order valence-electron chi connectivity index (χ1n) is 5.20. The lowest BCUT2D eigenvalue weighted by molar-refractivity contribution is 0.416. The Balaban J connectivity index is 2.32. The minimum atomic E-state index is -1.03. The fourth-order valence-electron chi connectivity index (χ4n) is 1.45. The van der Waals surface area contributed by atoms with E-state index in [0.29, 0.717) is 15.8 Å². The third-order valence-corrected chi connectivity index (χ3v) is 3.23. The minimum Gasteiger partial charge on any atom is -0.454 e. The molecule has 98 valence electrons. The van der Waals surface area contributed by atoms with Gasteiger partial charge in [0.2, 0.25) is 5.82 Å². The van der Waals surface area contributed by atoms with Crippen molar-refractivity contribution in [2.75, 3.05) is 0 Å². The second-order valence-corrected chi connectivity index (χ2v) is 4.95. The Kier molecular flexibility index (Phi) is 4.11. The van der Waals surface area contributed by atoms with Crippen LogP contribution in [0.1, 0.15) is 5.56 Å². The molecule has 0 spiro atoms. The van der Waals surface area contributed by atoms with Gasteiger partial charge in [-0.3, -0.25) is 0 Å². The number of ether oxygens (including phenoxy) is 1. The summed E-state index contributed by atoms with van der Waals surface area (Å²) in [6.45, 7) is 0. The molecule has 0 fully saturated rings. The van der Waals surface area contributed by atoms with Gasteiger partial charge in [-0.1, -0.05) is 18.3 Å². The molecule has 0 amide bonds. The van der Waals surface area contributed by atoms with Gasteiger partial charge < -0.3 is 10.5 Å². The fourth-order valence-corrected chi connectivity index (χ4v) is 2.33. The molecule has 2 rings (SSSR count). The van der Waals surface area contributed by atoms with Gasteiger partial charge in [0.05, 0.1) is 0 Å². The molecule has 6 heteroatoms. The predicted octanol–water partition coefficient (Wildman–Crippen LogP) is 4.15. The predicted molar refractivity (Wildman–Crippen MR) is 76.5 cm³/mol. The zero-order valence-electron chi connectivity index (χ0n) is 9.49. The van der Waals surface area contributed by atoms with Crippen LogP contribution in [0.15, 0.2) is 40.9 Å². The van der Waals surface area contributed by atoms with Crippen molar-refractivity contribution >= 4 is 33.1 Å². The fraction of sp³-hybridized carbons (Fsp3) is 0. The Morgan fingerprint density at radius 2 is 1.95 bits per heavy atom. The van der Waals surface area contributed by atoms with Crippen molar-refractivity contribution in [3.8, 4) is 11.5 Å². The standard InChI is InChI=1S/C13H8BrF2NOS/c14-9-6-7(4-5-8(9)13(17)19)18-11-3-1-2-10(15)12(11)16/h1-6H,(H2,17,19). The Bertz CT molecular complexity index is 649. The Morgan fingerprint density at radius 3 is 2.58 bits per heavy atom. The first-order valence-corrected chi connectivity index (χ1v) is 6.40. The van der Waals surface area contributed by atoms with E-state index in [9.17, 15) is 8.78 Å². The zero-order chi connectivity index (χ0) is 14.0. The summed E-state index contributed by atoms with van der Waals surface area (Å²) in [6, 6.07) is 8.52. The van der Waals surface area contributed by atoms with Crippen LogP contribution >= 0.6 is 28.1 Å².